The van der Waals surface area contributed by atoms with Crippen LogP contribution in [0, 0.1) is 12.8 Å². The van der Waals surface area contributed by atoms with Gasteiger partial charge in [-0.05, 0) is 48.4 Å². The first kappa shape index (κ1) is 22.0. The summed E-state index contributed by atoms with van der Waals surface area (Å²) in [6, 6.07) is 10.1. The van der Waals surface area contributed by atoms with Crippen molar-refractivity contribution in [1.29, 1.82) is 0 Å². The van der Waals surface area contributed by atoms with Crippen LogP contribution >= 0.6 is 15.9 Å². The van der Waals surface area contributed by atoms with E-state index < -0.39 is 12.5 Å². The fraction of sp³-hybridized carbons (Fsp3) is 0.333. The Morgan fingerprint density at radius 2 is 2.03 bits per heavy atom. The Morgan fingerprint density at radius 3 is 2.70 bits per heavy atom. The third kappa shape index (κ3) is 5.08. The molecule has 0 aromatic heterocycles. The van der Waals surface area contributed by atoms with E-state index in [0.717, 1.165) is 15.7 Å². The predicted molar refractivity (Wildman–Crippen MR) is 111 cm³/mol. The van der Waals surface area contributed by atoms with E-state index in [4.69, 9.17) is 4.74 Å². The standard InChI is InChI=1S/C21H21BrF2N2O4/c1-12-7-15(4-5-16(12)22)26-11-14(9-19(26)27)20(28)25-10-13-3-6-17(30-21(23)24)18(8-13)29-2/h3-8,14,21H,9-11H2,1-2H3,(H,25,28). The molecule has 30 heavy (non-hydrogen) atoms. The molecule has 0 radical (unpaired) electrons. The van der Waals surface area contributed by atoms with Crippen molar-refractivity contribution in [2.75, 3.05) is 18.6 Å². The van der Waals surface area contributed by atoms with Crippen LogP contribution in [0.25, 0.3) is 0 Å². The molecular weight excluding hydrogens is 462 g/mol. The van der Waals surface area contributed by atoms with Crippen LogP contribution in [0.1, 0.15) is 17.5 Å². The number of carbonyl (C=O) groups excluding carboxylic acids is 2. The van der Waals surface area contributed by atoms with Crippen LogP contribution < -0.4 is 19.7 Å². The van der Waals surface area contributed by atoms with E-state index in [0.29, 0.717) is 12.1 Å². The molecule has 1 fully saturated rings. The van der Waals surface area contributed by atoms with Gasteiger partial charge >= 0.3 is 6.61 Å². The molecule has 2 aromatic rings. The SMILES string of the molecule is COc1cc(CNC(=O)C2CC(=O)N(c3ccc(Br)c(C)c3)C2)ccc1OC(F)F. The van der Waals surface area contributed by atoms with E-state index in [-0.39, 0.29) is 36.3 Å². The van der Waals surface area contributed by atoms with Crippen LogP contribution in [0.2, 0.25) is 0 Å². The van der Waals surface area contributed by atoms with Crippen LogP contribution in [0.5, 0.6) is 11.5 Å². The van der Waals surface area contributed by atoms with Crippen molar-refractivity contribution in [3.63, 3.8) is 0 Å². The number of carbonyl (C=O) groups is 2. The number of hydrogen-bond acceptors (Lipinski definition) is 4. The van der Waals surface area contributed by atoms with Crippen molar-refractivity contribution < 1.29 is 27.8 Å². The van der Waals surface area contributed by atoms with Crippen LogP contribution in [-0.4, -0.2) is 32.1 Å². The van der Waals surface area contributed by atoms with Gasteiger partial charge in [-0.2, -0.15) is 8.78 Å². The molecule has 1 aliphatic heterocycles. The topological polar surface area (TPSA) is 67.9 Å². The number of rotatable bonds is 7. The highest BCUT2D eigenvalue weighted by atomic mass is 79.9. The number of ether oxygens (including phenoxy) is 2. The summed E-state index contributed by atoms with van der Waals surface area (Å²) in [5.41, 5.74) is 2.42. The molecule has 1 heterocycles. The number of benzene rings is 2. The first-order valence-corrected chi connectivity index (χ1v) is 10.0. The van der Waals surface area contributed by atoms with Gasteiger partial charge in [-0.3, -0.25) is 9.59 Å². The third-order valence-electron chi connectivity index (χ3n) is 4.86. The predicted octanol–water partition coefficient (Wildman–Crippen LogP) is 4.04. The molecule has 0 spiro atoms. The van der Waals surface area contributed by atoms with Gasteiger partial charge in [-0.1, -0.05) is 22.0 Å². The van der Waals surface area contributed by atoms with E-state index >= 15 is 0 Å². The molecule has 6 nitrogen and oxygen atoms in total. The Labute approximate surface area is 181 Å². The summed E-state index contributed by atoms with van der Waals surface area (Å²) in [6.07, 6.45) is 0.130. The fourth-order valence-electron chi connectivity index (χ4n) is 3.28. The van der Waals surface area contributed by atoms with Crippen LogP contribution in [0.15, 0.2) is 40.9 Å². The smallest absolute Gasteiger partial charge is 0.387 e. The van der Waals surface area contributed by atoms with Gasteiger partial charge in [0.2, 0.25) is 11.8 Å². The zero-order valence-electron chi connectivity index (χ0n) is 16.5. The highest BCUT2D eigenvalue weighted by molar-refractivity contribution is 9.10. The van der Waals surface area contributed by atoms with Crippen LogP contribution in [0.3, 0.4) is 0 Å². The zero-order chi connectivity index (χ0) is 21.8. The molecule has 1 unspecified atom stereocenters. The number of alkyl halides is 2. The Kier molecular flexibility index (Phi) is 6.91. The number of halogens is 3. The van der Waals surface area contributed by atoms with Gasteiger partial charge in [0.15, 0.2) is 11.5 Å². The van der Waals surface area contributed by atoms with Gasteiger partial charge < -0.3 is 19.7 Å². The van der Waals surface area contributed by atoms with E-state index in [2.05, 4.69) is 26.0 Å². The van der Waals surface area contributed by atoms with E-state index in [9.17, 15) is 18.4 Å². The van der Waals surface area contributed by atoms with Crippen molar-refractivity contribution >= 4 is 33.4 Å². The number of nitrogens with one attached hydrogen (secondary N) is 1. The second kappa shape index (κ2) is 9.42. The van der Waals surface area contributed by atoms with Crippen molar-refractivity contribution in [3.8, 4) is 11.5 Å². The lowest BCUT2D eigenvalue weighted by atomic mass is 10.1. The third-order valence-corrected chi connectivity index (χ3v) is 5.75. The second-order valence-electron chi connectivity index (χ2n) is 6.92. The quantitative estimate of drug-likeness (QED) is 0.646. The first-order chi connectivity index (χ1) is 14.3. The number of amides is 2. The lowest BCUT2D eigenvalue weighted by Crippen LogP contribution is -2.32. The maximum atomic E-state index is 12.6. The van der Waals surface area contributed by atoms with Gasteiger partial charge in [0.25, 0.3) is 0 Å². The number of methoxy groups -OCH3 is 1. The summed E-state index contributed by atoms with van der Waals surface area (Å²) < 4.78 is 35.2. The molecular formula is C21H21BrF2N2O4. The number of anilines is 1. The number of nitrogens with zero attached hydrogens (tertiary/aromatic N) is 1. The molecule has 0 saturated carbocycles. The minimum absolute atomic E-state index is 0.0793. The van der Waals surface area contributed by atoms with E-state index in [1.165, 1.54) is 19.2 Å². The number of aryl methyl sites for hydroxylation is 1. The molecule has 9 heteroatoms. The van der Waals surface area contributed by atoms with Gasteiger partial charge in [-0.25, -0.2) is 0 Å². The summed E-state index contributed by atoms with van der Waals surface area (Å²) >= 11 is 3.44. The number of hydrogen-bond donors (Lipinski definition) is 1. The summed E-state index contributed by atoms with van der Waals surface area (Å²) in [5, 5.41) is 2.80. The lowest BCUT2D eigenvalue weighted by molar-refractivity contribution is -0.126. The van der Waals surface area contributed by atoms with Crippen LogP contribution in [0.4, 0.5) is 14.5 Å². The largest absolute Gasteiger partial charge is 0.493 e. The Bertz CT molecular complexity index is 955. The maximum absolute atomic E-state index is 12.6. The molecule has 1 aliphatic rings. The van der Waals surface area contributed by atoms with Gasteiger partial charge in [-0.15, -0.1) is 0 Å². The Morgan fingerprint density at radius 1 is 1.27 bits per heavy atom. The van der Waals surface area contributed by atoms with Gasteiger partial charge in [0.05, 0.1) is 13.0 Å². The molecule has 0 aliphatic carbocycles. The highest BCUT2D eigenvalue weighted by Crippen LogP contribution is 2.30. The normalized spacial score (nSPS) is 16.1. The summed E-state index contributed by atoms with van der Waals surface area (Å²) in [4.78, 5) is 26.6. The van der Waals surface area contributed by atoms with Gasteiger partial charge in [0, 0.05) is 29.7 Å². The summed E-state index contributed by atoms with van der Waals surface area (Å²) in [5.74, 6) is -0.748. The van der Waals surface area contributed by atoms with Crippen LogP contribution in [-0.2, 0) is 16.1 Å². The van der Waals surface area contributed by atoms with E-state index in [1.807, 2.05) is 25.1 Å². The fourth-order valence-corrected chi connectivity index (χ4v) is 3.52. The molecule has 3 rings (SSSR count). The molecule has 1 atom stereocenters. The second-order valence-corrected chi connectivity index (χ2v) is 7.77. The highest BCUT2D eigenvalue weighted by Gasteiger charge is 2.35. The molecule has 2 amide bonds. The Hall–Kier alpha value is -2.68. The molecule has 1 saturated heterocycles. The molecule has 160 valence electrons. The van der Waals surface area contributed by atoms with Crippen molar-refractivity contribution in [3.05, 3.63) is 52.0 Å². The van der Waals surface area contributed by atoms with Crippen molar-refractivity contribution in [2.45, 2.75) is 26.5 Å². The monoisotopic (exact) mass is 482 g/mol. The van der Waals surface area contributed by atoms with Crippen molar-refractivity contribution in [2.24, 2.45) is 5.92 Å². The average Bonchev–Trinajstić information content (AvgIpc) is 3.10. The Balaban J connectivity index is 1.61. The zero-order valence-corrected chi connectivity index (χ0v) is 18.0. The van der Waals surface area contributed by atoms with Gasteiger partial charge in [0.1, 0.15) is 0 Å². The minimum Gasteiger partial charge on any atom is -0.493 e. The minimum atomic E-state index is -2.96. The molecule has 0 bridgehead atoms. The van der Waals surface area contributed by atoms with E-state index in [1.54, 1.807) is 11.0 Å². The molecule has 1 N–H and O–H groups in total. The van der Waals surface area contributed by atoms with Crippen molar-refractivity contribution in [1.82, 2.24) is 5.32 Å². The summed E-state index contributed by atoms with van der Waals surface area (Å²) in [7, 11) is 1.35. The first-order valence-electron chi connectivity index (χ1n) is 9.24. The maximum Gasteiger partial charge on any atom is 0.387 e. The molecule has 2 aromatic carbocycles. The lowest BCUT2D eigenvalue weighted by Gasteiger charge is -2.18. The average molecular weight is 483 g/mol. The summed E-state index contributed by atoms with van der Waals surface area (Å²) in [6.45, 7) is -0.547.